The lowest BCUT2D eigenvalue weighted by Gasteiger charge is -2.30. The summed E-state index contributed by atoms with van der Waals surface area (Å²) in [5.41, 5.74) is 3.30. The van der Waals surface area contributed by atoms with Gasteiger partial charge in [-0.2, -0.15) is 0 Å². The van der Waals surface area contributed by atoms with Crippen LogP contribution in [0.4, 0.5) is 5.95 Å². The van der Waals surface area contributed by atoms with Crippen LogP contribution in [0.15, 0.2) is 47.7 Å². The second-order valence-corrected chi connectivity index (χ2v) is 7.26. The number of phenols is 1. The molecule has 2 aromatic carbocycles. The van der Waals surface area contributed by atoms with Gasteiger partial charge in [0.2, 0.25) is 11.7 Å². The van der Waals surface area contributed by atoms with Crippen molar-refractivity contribution in [1.29, 1.82) is 0 Å². The number of phenolic OH excluding ortho intramolecular Hbond substituents is 1. The predicted octanol–water partition coefficient (Wildman–Crippen LogP) is 3.24. The van der Waals surface area contributed by atoms with Gasteiger partial charge in [-0.05, 0) is 36.8 Å². The van der Waals surface area contributed by atoms with E-state index in [1.54, 1.807) is 26.2 Å². The molecule has 3 aromatic rings. The zero-order valence-electron chi connectivity index (χ0n) is 18.3. The molecular weight excluding hydrogens is 414 g/mol. The van der Waals surface area contributed by atoms with Gasteiger partial charge in [0.05, 0.1) is 43.5 Å². The number of hydrogen-bond donors (Lipinski definition) is 2. The summed E-state index contributed by atoms with van der Waals surface area (Å²) < 4.78 is 23.1. The van der Waals surface area contributed by atoms with Crippen LogP contribution in [-0.4, -0.2) is 55.2 Å². The maximum Gasteiger partial charge on any atom is 0.338 e. The van der Waals surface area contributed by atoms with Crippen molar-refractivity contribution in [2.75, 3.05) is 39.9 Å². The minimum atomic E-state index is -0.600. The molecule has 0 spiro atoms. The number of aromatic hydroxyl groups is 1. The summed E-state index contributed by atoms with van der Waals surface area (Å²) in [6, 6.07) is 10.4. The van der Waals surface area contributed by atoms with Crippen molar-refractivity contribution in [3.63, 3.8) is 0 Å². The molecule has 0 saturated heterocycles. The van der Waals surface area contributed by atoms with Crippen LogP contribution in [0.25, 0.3) is 11.0 Å². The van der Waals surface area contributed by atoms with Crippen molar-refractivity contribution in [2.45, 2.75) is 13.0 Å². The van der Waals surface area contributed by atoms with E-state index >= 15 is 0 Å². The zero-order valence-corrected chi connectivity index (χ0v) is 18.3. The number of esters is 1. The summed E-state index contributed by atoms with van der Waals surface area (Å²) in [6.07, 6.45) is 0. The minimum Gasteiger partial charge on any atom is -0.502 e. The highest BCUT2D eigenvalue weighted by atomic mass is 16.6. The SMILES string of the molecule is COCCOC(=O)C1=C(C)Nc2nc3ccccc3n2C1c1cc(OC)c(O)c(OC)c1. The summed E-state index contributed by atoms with van der Waals surface area (Å²) >= 11 is 0. The number of ether oxygens (including phenoxy) is 4. The van der Waals surface area contributed by atoms with Gasteiger partial charge in [-0.25, -0.2) is 9.78 Å². The van der Waals surface area contributed by atoms with Crippen molar-refractivity contribution >= 4 is 23.0 Å². The number of fused-ring (bicyclic) bond motifs is 3. The molecular formula is C23H25N3O6. The van der Waals surface area contributed by atoms with Gasteiger partial charge < -0.3 is 29.4 Å². The molecule has 1 atom stereocenters. The summed E-state index contributed by atoms with van der Waals surface area (Å²) in [7, 11) is 4.46. The van der Waals surface area contributed by atoms with Gasteiger partial charge in [-0.1, -0.05) is 12.1 Å². The number of nitrogens with zero attached hydrogens (tertiary/aromatic N) is 2. The van der Waals surface area contributed by atoms with Crippen molar-refractivity contribution < 1.29 is 28.8 Å². The van der Waals surface area contributed by atoms with Gasteiger partial charge in [0, 0.05) is 12.8 Å². The van der Waals surface area contributed by atoms with Crippen molar-refractivity contribution in [1.82, 2.24) is 9.55 Å². The molecule has 9 heteroatoms. The number of nitrogens with one attached hydrogen (secondary N) is 1. The first-order valence-corrected chi connectivity index (χ1v) is 10.1. The Balaban J connectivity index is 1.94. The quantitative estimate of drug-likeness (QED) is 0.427. The summed E-state index contributed by atoms with van der Waals surface area (Å²) in [4.78, 5) is 17.9. The van der Waals surface area contributed by atoms with E-state index in [1.807, 2.05) is 28.8 Å². The molecule has 1 aliphatic rings. The maximum atomic E-state index is 13.2. The molecule has 0 amide bonds. The van der Waals surface area contributed by atoms with Gasteiger partial charge in [-0.3, -0.25) is 4.57 Å². The number of aromatic nitrogens is 2. The molecule has 1 aromatic heterocycles. The van der Waals surface area contributed by atoms with E-state index in [-0.39, 0.29) is 30.5 Å². The Morgan fingerprint density at radius 1 is 1.12 bits per heavy atom. The predicted molar refractivity (Wildman–Crippen MR) is 118 cm³/mol. The monoisotopic (exact) mass is 439 g/mol. The Morgan fingerprint density at radius 3 is 2.47 bits per heavy atom. The fraction of sp³-hybridized carbons (Fsp3) is 0.304. The van der Waals surface area contributed by atoms with E-state index in [2.05, 4.69) is 10.3 Å². The van der Waals surface area contributed by atoms with Gasteiger partial charge in [-0.15, -0.1) is 0 Å². The van der Waals surface area contributed by atoms with Gasteiger partial charge in [0.25, 0.3) is 0 Å². The number of carbonyl (C=O) groups is 1. The lowest BCUT2D eigenvalue weighted by Crippen LogP contribution is -2.29. The molecule has 32 heavy (non-hydrogen) atoms. The second-order valence-electron chi connectivity index (χ2n) is 7.26. The van der Waals surface area contributed by atoms with E-state index in [1.165, 1.54) is 14.2 Å². The molecule has 168 valence electrons. The molecule has 1 aliphatic heterocycles. The van der Waals surface area contributed by atoms with Gasteiger partial charge in [0.1, 0.15) is 6.61 Å². The van der Waals surface area contributed by atoms with E-state index < -0.39 is 12.0 Å². The number of methoxy groups -OCH3 is 3. The van der Waals surface area contributed by atoms with E-state index in [0.29, 0.717) is 22.8 Å². The smallest absolute Gasteiger partial charge is 0.338 e. The topological polar surface area (TPSA) is 104 Å². The fourth-order valence-corrected chi connectivity index (χ4v) is 3.91. The molecule has 0 radical (unpaired) electrons. The van der Waals surface area contributed by atoms with Crippen LogP contribution in [0.3, 0.4) is 0 Å². The van der Waals surface area contributed by atoms with Crippen LogP contribution in [0.5, 0.6) is 17.2 Å². The van der Waals surface area contributed by atoms with Crippen LogP contribution in [-0.2, 0) is 14.3 Å². The van der Waals surface area contributed by atoms with Gasteiger partial charge >= 0.3 is 5.97 Å². The number of benzene rings is 2. The third kappa shape index (κ3) is 3.60. The van der Waals surface area contributed by atoms with E-state index in [9.17, 15) is 9.90 Å². The number of allylic oxidation sites excluding steroid dienone is 1. The number of para-hydroxylation sites is 2. The number of rotatable bonds is 7. The Hall–Kier alpha value is -3.72. The maximum absolute atomic E-state index is 13.2. The zero-order chi connectivity index (χ0) is 22.8. The van der Waals surface area contributed by atoms with E-state index in [4.69, 9.17) is 18.9 Å². The average molecular weight is 439 g/mol. The van der Waals surface area contributed by atoms with Crippen LogP contribution in [0.1, 0.15) is 18.5 Å². The third-order valence-corrected chi connectivity index (χ3v) is 5.39. The van der Waals surface area contributed by atoms with Crippen molar-refractivity contribution in [3.8, 4) is 17.2 Å². The second kappa shape index (κ2) is 8.80. The first kappa shape index (κ1) is 21.5. The first-order valence-electron chi connectivity index (χ1n) is 10.1. The van der Waals surface area contributed by atoms with Crippen LogP contribution < -0.4 is 14.8 Å². The Morgan fingerprint density at radius 2 is 1.81 bits per heavy atom. The molecule has 0 aliphatic carbocycles. The molecule has 2 heterocycles. The third-order valence-electron chi connectivity index (χ3n) is 5.39. The summed E-state index contributed by atoms with van der Waals surface area (Å²) in [6.45, 7) is 2.21. The number of carbonyl (C=O) groups excluding carboxylic acids is 1. The lowest BCUT2D eigenvalue weighted by atomic mass is 9.94. The first-order chi connectivity index (χ1) is 15.5. The minimum absolute atomic E-state index is 0.117. The Labute approximate surface area is 185 Å². The number of hydrogen-bond acceptors (Lipinski definition) is 8. The average Bonchev–Trinajstić information content (AvgIpc) is 3.16. The van der Waals surface area contributed by atoms with Crippen LogP contribution >= 0.6 is 0 Å². The molecule has 9 nitrogen and oxygen atoms in total. The Kier molecular flexibility index (Phi) is 5.91. The van der Waals surface area contributed by atoms with E-state index in [0.717, 1.165) is 11.0 Å². The highest BCUT2D eigenvalue weighted by Gasteiger charge is 2.36. The lowest BCUT2D eigenvalue weighted by molar-refractivity contribution is -0.140. The van der Waals surface area contributed by atoms with Crippen LogP contribution in [0.2, 0.25) is 0 Å². The molecule has 1 unspecified atom stereocenters. The molecule has 4 rings (SSSR count). The van der Waals surface area contributed by atoms with Crippen molar-refractivity contribution in [3.05, 3.63) is 53.2 Å². The molecule has 0 bridgehead atoms. The fourth-order valence-electron chi connectivity index (χ4n) is 3.91. The Bertz CT molecular complexity index is 1170. The highest BCUT2D eigenvalue weighted by molar-refractivity contribution is 5.94. The van der Waals surface area contributed by atoms with Crippen LogP contribution in [0, 0.1) is 0 Å². The molecule has 0 saturated carbocycles. The largest absolute Gasteiger partial charge is 0.502 e. The standard InChI is InChI=1S/C23H25N3O6/c1-13-19(22(28)32-10-9-29-2)20(14-11-17(30-3)21(27)18(12-14)31-4)26-16-8-6-5-7-15(16)25-23(26)24-13/h5-8,11-12,20,27H,9-10H2,1-4H3,(H,24,25). The summed E-state index contributed by atoms with van der Waals surface area (Å²) in [5, 5.41) is 13.6. The number of anilines is 1. The summed E-state index contributed by atoms with van der Waals surface area (Å²) in [5.74, 6) is 0.454. The normalized spacial score (nSPS) is 15.3. The van der Waals surface area contributed by atoms with Gasteiger partial charge in [0.15, 0.2) is 11.5 Å². The molecule has 0 fully saturated rings. The van der Waals surface area contributed by atoms with Crippen molar-refractivity contribution in [2.24, 2.45) is 0 Å². The highest BCUT2D eigenvalue weighted by Crippen LogP contribution is 2.45. The molecule has 2 N–H and O–H groups in total. The number of imidazole rings is 1.